The second kappa shape index (κ2) is 6.70. The molecule has 5 heteroatoms. The van der Waals surface area contributed by atoms with Crippen molar-refractivity contribution in [2.75, 3.05) is 26.2 Å². The van der Waals surface area contributed by atoms with Gasteiger partial charge in [0.15, 0.2) is 0 Å². The Labute approximate surface area is 122 Å². The minimum Gasteiger partial charge on any atom is -0.317 e. The van der Waals surface area contributed by atoms with Crippen molar-refractivity contribution in [3.8, 4) is 0 Å². The molecule has 0 spiro atoms. The SMILES string of the molecule is CCNCC1CCN(S(=O)(=O)c2ccc(C)cc2)CC1. The van der Waals surface area contributed by atoms with Crippen molar-refractivity contribution >= 4 is 10.0 Å². The normalized spacial score (nSPS) is 18.3. The van der Waals surface area contributed by atoms with E-state index in [4.69, 9.17) is 0 Å². The van der Waals surface area contributed by atoms with Gasteiger partial charge in [0.2, 0.25) is 10.0 Å². The molecule has 4 nitrogen and oxygen atoms in total. The van der Waals surface area contributed by atoms with Crippen LogP contribution in [0.1, 0.15) is 25.3 Å². The summed E-state index contributed by atoms with van der Waals surface area (Å²) in [4.78, 5) is 0.410. The van der Waals surface area contributed by atoms with Gasteiger partial charge in [0.1, 0.15) is 0 Å². The van der Waals surface area contributed by atoms with Gasteiger partial charge in [-0.25, -0.2) is 8.42 Å². The highest BCUT2D eigenvalue weighted by Crippen LogP contribution is 2.23. The third kappa shape index (κ3) is 3.59. The molecule has 112 valence electrons. The Bertz CT molecular complexity index is 517. The summed E-state index contributed by atoms with van der Waals surface area (Å²) < 4.78 is 26.7. The summed E-state index contributed by atoms with van der Waals surface area (Å²) in [6.45, 7) is 7.29. The van der Waals surface area contributed by atoms with Crippen molar-refractivity contribution in [3.63, 3.8) is 0 Å². The summed E-state index contributed by atoms with van der Waals surface area (Å²) in [5.74, 6) is 0.597. The maximum Gasteiger partial charge on any atom is 0.243 e. The summed E-state index contributed by atoms with van der Waals surface area (Å²) in [5.41, 5.74) is 1.08. The van der Waals surface area contributed by atoms with E-state index in [1.165, 1.54) is 0 Å². The first-order chi connectivity index (χ1) is 9.54. The average molecular weight is 296 g/mol. The second-order valence-corrected chi connectivity index (χ2v) is 7.41. The fraction of sp³-hybridized carbons (Fsp3) is 0.600. The van der Waals surface area contributed by atoms with E-state index >= 15 is 0 Å². The van der Waals surface area contributed by atoms with Crippen LogP contribution in [0.5, 0.6) is 0 Å². The lowest BCUT2D eigenvalue weighted by Crippen LogP contribution is -2.40. The van der Waals surface area contributed by atoms with Crippen molar-refractivity contribution in [2.24, 2.45) is 5.92 Å². The van der Waals surface area contributed by atoms with Crippen molar-refractivity contribution < 1.29 is 8.42 Å². The van der Waals surface area contributed by atoms with Crippen LogP contribution in [0.15, 0.2) is 29.2 Å². The Hall–Kier alpha value is -0.910. The van der Waals surface area contributed by atoms with E-state index in [2.05, 4.69) is 12.2 Å². The Balaban J connectivity index is 2.00. The van der Waals surface area contributed by atoms with Crippen LogP contribution in [0.2, 0.25) is 0 Å². The summed E-state index contributed by atoms with van der Waals surface area (Å²) in [5, 5.41) is 3.34. The number of aryl methyl sites for hydroxylation is 1. The molecule has 1 aliphatic heterocycles. The fourth-order valence-corrected chi connectivity index (χ4v) is 4.03. The van der Waals surface area contributed by atoms with E-state index in [9.17, 15) is 8.42 Å². The van der Waals surface area contributed by atoms with E-state index in [-0.39, 0.29) is 0 Å². The maximum absolute atomic E-state index is 12.5. The minimum absolute atomic E-state index is 0.410. The molecule has 1 aliphatic rings. The fourth-order valence-electron chi connectivity index (χ4n) is 2.56. The largest absolute Gasteiger partial charge is 0.317 e. The molecule has 1 aromatic carbocycles. The molecular weight excluding hydrogens is 272 g/mol. The number of piperidine rings is 1. The molecule has 20 heavy (non-hydrogen) atoms. The summed E-state index contributed by atoms with van der Waals surface area (Å²) in [7, 11) is -3.31. The van der Waals surface area contributed by atoms with Crippen LogP contribution in [-0.2, 0) is 10.0 Å². The number of hydrogen-bond acceptors (Lipinski definition) is 3. The number of hydrogen-bond donors (Lipinski definition) is 1. The van der Waals surface area contributed by atoms with Gasteiger partial charge >= 0.3 is 0 Å². The van der Waals surface area contributed by atoms with Gasteiger partial charge in [0.25, 0.3) is 0 Å². The molecule has 0 amide bonds. The standard InChI is InChI=1S/C15H24N2O2S/c1-3-16-12-14-8-10-17(11-9-14)20(18,19)15-6-4-13(2)5-7-15/h4-7,14,16H,3,8-12H2,1-2H3. The first-order valence-electron chi connectivity index (χ1n) is 7.31. The molecule has 0 saturated carbocycles. The number of nitrogens with zero attached hydrogens (tertiary/aromatic N) is 1. The highest BCUT2D eigenvalue weighted by molar-refractivity contribution is 7.89. The molecule has 0 atom stereocenters. The molecule has 1 fully saturated rings. The topological polar surface area (TPSA) is 49.4 Å². The Kier molecular flexibility index (Phi) is 5.18. The molecule has 1 aromatic rings. The number of benzene rings is 1. The van der Waals surface area contributed by atoms with Gasteiger partial charge in [0, 0.05) is 13.1 Å². The predicted octanol–water partition coefficient (Wildman–Crippen LogP) is 2.01. The van der Waals surface area contributed by atoms with Crippen LogP contribution in [0.25, 0.3) is 0 Å². The van der Waals surface area contributed by atoms with Crippen molar-refractivity contribution in [2.45, 2.75) is 31.6 Å². The number of sulfonamides is 1. The Morgan fingerprint density at radius 2 is 1.80 bits per heavy atom. The number of nitrogens with one attached hydrogen (secondary N) is 1. The summed E-state index contributed by atoms with van der Waals surface area (Å²) >= 11 is 0. The lowest BCUT2D eigenvalue weighted by Gasteiger charge is -2.31. The first kappa shape index (κ1) is 15.5. The van der Waals surface area contributed by atoms with Crippen LogP contribution >= 0.6 is 0 Å². The van der Waals surface area contributed by atoms with Gasteiger partial charge in [-0.2, -0.15) is 4.31 Å². The van der Waals surface area contributed by atoms with E-state index in [0.29, 0.717) is 23.9 Å². The quantitative estimate of drug-likeness (QED) is 0.904. The lowest BCUT2D eigenvalue weighted by molar-refractivity contribution is 0.268. The van der Waals surface area contributed by atoms with Crippen LogP contribution < -0.4 is 5.32 Å². The van der Waals surface area contributed by atoms with Crippen molar-refractivity contribution in [3.05, 3.63) is 29.8 Å². The van der Waals surface area contributed by atoms with Gasteiger partial charge < -0.3 is 5.32 Å². The molecule has 0 bridgehead atoms. The van der Waals surface area contributed by atoms with Gasteiger partial charge in [-0.3, -0.25) is 0 Å². The smallest absolute Gasteiger partial charge is 0.243 e. The van der Waals surface area contributed by atoms with Gasteiger partial charge in [-0.1, -0.05) is 24.6 Å². The van der Waals surface area contributed by atoms with E-state index in [1.807, 2.05) is 19.1 Å². The predicted molar refractivity (Wildman–Crippen MR) is 81.2 cm³/mol. The molecule has 0 aromatic heterocycles. The third-order valence-corrected chi connectivity index (χ3v) is 5.83. The van der Waals surface area contributed by atoms with Crippen molar-refractivity contribution in [1.82, 2.24) is 9.62 Å². The van der Waals surface area contributed by atoms with Crippen LogP contribution in [0.3, 0.4) is 0 Å². The lowest BCUT2D eigenvalue weighted by atomic mass is 9.98. The van der Waals surface area contributed by atoms with Gasteiger partial charge in [0.05, 0.1) is 4.90 Å². The molecule has 2 rings (SSSR count). The molecule has 0 unspecified atom stereocenters. The zero-order chi connectivity index (χ0) is 14.6. The Morgan fingerprint density at radius 3 is 2.35 bits per heavy atom. The molecule has 1 saturated heterocycles. The first-order valence-corrected chi connectivity index (χ1v) is 8.75. The average Bonchev–Trinajstić information content (AvgIpc) is 2.46. The summed E-state index contributed by atoms with van der Waals surface area (Å²) in [6, 6.07) is 7.11. The zero-order valence-corrected chi connectivity index (χ0v) is 13.1. The van der Waals surface area contributed by atoms with E-state index < -0.39 is 10.0 Å². The second-order valence-electron chi connectivity index (χ2n) is 5.47. The van der Waals surface area contributed by atoms with E-state index in [1.54, 1.807) is 16.4 Å². The molecule has 0 aliphatic carbocycles. The summed E-state index contributed by atoms with van der Waals surface area (Å²) in [6.07, 6.45) is 1.89. The van der Waals surface area contributed by atoms with Crippen LogP contribution in [0, 0.1) is 12.8 Å². The highest BCUT2D eigenvalue weighted by Gasteiger charge is 2.28. The number of rotatable bonds is 5. The Morgan fingerprint density at radius 1 is 1.20 bits per heavy atom. The third-order valence-electron chi connectivity index (χ3n) is 3.92. The van der Waals surface area contributed by atoms with E-state index in [0.717, 1.165) is 31.5 Å². The van der Waals surface area contributed by atoms with Crippen LogP contribution in [0.4, 0.5) is 0 Å². The zero-order valence-electron chi connectivity index (χ0n) is 12.3. The molecule has 0 radical (unpaired) electrons. The minimum atomic E-state index is -3.31. The van der Waals surface area contributed by atoms with Crippen molar-refractivity contribution in [1.29, 1.82) is 0 Å². The maximum atomic E-state index is 12.5. The van der Waals surface area contributed by atoms with Crippen LogP contribution in [-0.4, -0.2) is 38.9 Å². The molecule has 1 heterocycles. The van der Waals surface area contributed by atoms with Gasteiger partial charge in [-0.05, 0) is 50.9 Å². The molecule has 1 N–H and O–H groups in total. The highest BCUT2D eigenvalue weighted by atomic mass is 32.2. The molecular formula is C15H24N2O2S. The monoisotopic (exact) mass is 296 g/mol. The van der Waals surface area contributed by atoms with Gasteiger partial charge in [-0.15, -0.1) is 0 Å².